The van der Waals surface area contributed by atoms with E-state index in [1.54, 1.807) is 11.3 Å². The summed E-state index contributed by atoms with van der Waals surface area (Å²) in [6.07, 6.45) is 7.02. The van der Waals surface area contributed by atoms with Crippen LogP contribution in [0.15, 0.2) is 23.6 Å². The normalized spacial score (nSPS) is 16.7. The molecule has 7 heteroatoms. The summed E-state index contributed by atoms with van der Waals surface area (Å²) < 4.78 is 0. The van der Waals surface area contributed by atoms with E-state index in [2.05, 4.69) is 20.9 Å². The van der Waals surface area contributed by atoms with Crippen LogP contribution < -0.4 is 16.0 Å². The number of carbonyl (C=O) groups excluding carboxylic acids is 2. The number of carbonyl (C=O) groups is 2. The van der Waals surface area contributed by atoms with Gasteiger partial charge >= 0.3 is 6.03 Å². The quantitative estimate of drug-likeness (QED) is 0.738. The second-order valence-electron chi connectivity index (χ2n) is 7.21. The van der Waals surface area contributed by atoms with E-state index in [1.807, 2.05) is 23.6 Å². The fourth-order valence-electron chi connectivity index (χ4n) is 3.71. The SMILES string of the molecule is O=C1Cc2cc(-c3csc(CCNC(=O)NC4CCCCC4)n3)ccc2N1. The lowest BCUT2D eigenvalue weighted by Crippen LogP contribution is -2.43. The zero-order chi connectivity index (χ0) is 18.6. The van der Waals surface area contributed by atoms with Crippen molar-refractivity contribution < 1.29 is 9.59 Å². The smallest absolute Gasteiger partial charge is 0.315 e. The molecule has 2 aliphatic rings. The van der Waals surface area contributed by atoms with E-state index in [1.165, 1.54) is 19.3 Å². The van der Waals surface area contributed by atoms with Gasteiger partial charge in [-0.25, -0.2) is 9.78 Å². The van der Waals surface area contributed by atoms with Crippen LogP contribution in [0, 0.1) is 0 Å². The first-order valence-corrected chi connectivity index (χ1v) is 10.5. The molecule has 3 amide bonds. The summed E-state index contributed by atoms with van der Waals surface area (Å²) >= 11 is 1.60. The lowest BCUT2D eigenvalue weighted by molar-refractivity contribution is -0.115. The Morgan fingerprint density at radius 2 is 2.11 bits per heavy atom. The van der Waals surface area contributed by atoms with Crippen molar-refractivity contribution in [3.05, 3.63) is 34.2 Å². The molecule has 2 heterocycles. The molecular formula is C20H24N4O2S. The van der Waals surface area contributed by atoms with Crippen LogP contribution in [-0.2, 0) is 17.6 Å². The van der Waals surface area contributed by atoms with Crippen molar-refractivity contribution in [3.8, 4) is 11.3 Å². The number of aromatic nitrogens is 1. The molecule has 0 atom stereocenters. The molecule has 1 saturated carbocycles. The summed E-state index contributed by atoms with van der Waals surface area (Å²) in [6, 6.07) is 6.20. The van der Waals surface area contributed by atoms with Gasteiger partial charge in [-0.3, -0.25) is 4.79 Å². The Morgan fingerprint density at radius 1 is 1.26 bits per heavy atom. The van der Waals surface area contributed by atoms with Crippen LogP contribution >= 0.6 is 11.3 Å². The molecule has 0 spiro atoms. The van der Waals surface area contributed by atoms with Gasteiger partial charge in [0.15, 0.2) is 0 Å². The highest BCUT2D eigenvalue weighted by Crippen LogP contribution is 2.29. The van der Waals surface area contributed by atoms with Gasteiger partial charge in [0.05, 0.1) is 17.1 Å². The van der Waals surface area contributed by atoms with Crippen molar-refractivity contribution in [2.24, 2.45) is 0 Å². The molecule has 1 aromatic heterocycles. The molecule has 2 aromatic rings. The zero-order valence-corrected chi connectivity index (χ0v) is 16.0. The Hall–Kier alpha value is -2.41. The molecule has 0 unspecified atom stereocenters. The number of benzene rings is 1. The average molecular weight is 385 g/mol. The minimum atomic E-state index is -0.0746. The lowest BCUT2D eigenvalue weighted by atomic mass is 9.96. The van der Waals surface area contributed by atoms with Crippen molar-refractivity contribution >= 4 is 29.0 Å². The number of fused-ring (bicyclic) bond motifs is 1. The van der Waals surface area contributed by atoms with Crippen molar-refractivity contribution in [2.45, 2.75) is 51.0 Å². The molecule has 0 bridgehead atoms. The second kappa shape index (κ2) is 8.08. The molecular weight excluding hydrogens is 360 g/mol. The first-order chi connectivity index (χ1) is 13.2. The first-order valence-electron chi connectivity index (χ1n) is 9.59. The highest BCUT2D eigenvalue weighted by molar-refractivity contribution is 7.09. The van der Waals surface area contributed by atoms with Crippen molar-refractivity contribution in [1.29, 1.82) is 0 Å². The number of amides is 3. The maximum atomic E-state index is 12.0. The Morgan fingerprint density at radius 3 is 2.96 bits per heavy atom. The van der Waals surface area contributed by atoms with Crippen LogP contribution in [0.25, 0.3) is 11.3 Å². The Labute approximate surface area is 162 Å². The third kappa shape index (κ3) is 4.47. The number of nitrogens with one attached hydrogen (secondary N) is 3. The summed E-state index contributed by atoms with van der Waals surface area (Å²) in [4.78, 5) is 28.2. The highest BCUT2D eigenvalue weighted by atomic mass is 32.1. The van der Waals surface area contributed by atoms with E-state index in [0.717, 1.165) is 40.4 Å². The number of nitrogens with zero attached hydrogens (tertiary/aromatic N) is 1. The molecule has 0 saturated heterocycles. The first kappa shape index (κ1) is 18.0. The topological polar surface area (TPSA) is 83.1 Å². The predicted octanol–water partition coefficient (Wildman–Crippen LogP) is 3.48. The predicted molar refractivity (Wildman–Crippen MR) is 107 cm³/mol. The largest absolute Gasteiger partial charge is 0.338 e. The minimum absolute atomic E-state index is 0.0405. The molecule has 27 heavy (non-hydrogen) atoms. The van der Waals surface area contributed by atoms with E-state index in [9.17, 15) is 9.59 Å². The molecule has 1 fully saturated rings. The molecule has 0 radical (unpaired) electrons. The van der Waals surface area contributed by atoms with Crippen LogP contribution in [0.5, 0.6) is 0 Å². The number of rotatable bonds is 5. The summed E-state index contributed by atoms with van der Waals surface area (Å²) in [7, 11) is 0. The molecule has 4 rings (SSSR count). The van der Waals surface area contributed by atoms with Gasteiger partial charge in [0.1, 0.15) is 0 Å². The van der Waals surface area contributed by atoms with E-state index in [0.29, 0.717) is 25.4 Å². The van der Waals surface area contributed by atoms with E-state index in [-0.39, 0.29) is 11.9 Å². The molecule has 3 N–H and O–H groups in total. The van der Waals surface area contributed by atoms with Gasteiger partial charge in [0, 0.05) is 35.6 Å². The van der Waals surface area contributed by atoms with Gasteiger partial charge in [-0.15, -0.1) is 11.3 Å². The van der Waals surface area contributed by atoms with E-state index < -0.39 is 0 Å². The van der Waals surface area contributed by atoms with E-state index >= 15 is 0 Å². The van der Waals surface area contributed by atoms with Gasteiger partial charge in [0.25, 0.3) is 0 Å². The lowest BCUT2D eigenvalue weighted by Gasteiger charge is -2.22. The maximum absolute atomic E-state index is 12.0. The van der Waals surface area contributed by atoms with Gasteiger partial charge in [-0.05, 0) is 30.5 Å². The summed E-state index contributed by atoms with van der Waals surface area (Å²) in [6.45, 7) is 0.577. The molecule has 142 valence electrons. The summed E-state index contributed by atoms with van der Waals surface area (Å²) in [5.74, 6) is 0.0405. The Kier molecular flexibility index (Phi) is 5.38. The Bertz CT molecular complexity index is 842. The van der Waals surface area contributed by atoms with Gasteiger partial charge < -0.3 is 16.0 Å². The van der Waals surface area contributed by atoms with E-state index in [4.69, 9.17) is 0 Å². The van der Waals surface area contributed by atoms with Crippen LogP contribution in [0.1, 0.15) is 42.7 Å². The van der Waals surface area contributed by atoms with Gasteiger partial charge in [-0.2, -0.15) is 0 Å². The number of anilines is 1. The van der Waals surface area contributed by atoms with Crippen molar-refractivity contribution in [1.82, 2.24) is 15.6 Å². The maximum Gasteiger partial charge on any atom is 0.315 e. The van der Waals surface area contributed by atoms with Crippen molar-refractivity contribution in [2.75, 3.05) is 11.9 Å². The summed E-state index contributed by atoms with van der Waals surface area (Å²) in [5.41, 5.74) is 3.86. The fraction of sp³-hybridized carbons (Fsp3) is 0.450. The number of hydrogen-bond donors (Lipinski definition) is 3. The molecule has 1 aliphatic carbocycles. The van der Waals surface area contributed by atoms with Crippen LogP contribution in [-0.4, -0.2) is 29.5 Å². The average Bonchev–Trinajstić information content (AvgIpc) is 3.27. The number of urea groups is 1. The minimum Gasteiger partial charge on any atom is -0.338 e. The van der Waals surface area contributed by atoms with Crippen LogP contribution in [0.2, 0.25) is 0 Å². The Balaban J connectivity index is 1.28. The molecule has 1 aromatic carbocycles. The zero-order valence-electron chi connectivity index (χ0n) is 15.2. The van der Waals surface area contributed by atoms with Crippen molar-refractivity contribution in [3.63, 3.8) is 0 Å². The van der Waals surface area contributed by atoms with Crippen LogP contribution in [0.4, 0.5) is 10.5 Å². The number of thiazole rings is 1. The molecule has 1 aliphatic heterocycles. The summed E-state index contributed by atoms with van der Waals surface area (Å²) in [5, 5.41) is 11.9. The fourth-order valence-corrected chi connectivity index (χ4v) is 4.52. The third-order valence-electron chi connectivity index (χ3n) is 5.14. The standard InChI is InChI=1S/C20H24N4O2S/c25-18-11-14-10-13(6-7-16(14)23-18)17-12-27-19(24-17)8-9-21-20(26)22-15-4-2-1-3-5-15/h6-7,10,12,15H,1-5,8-9,11H2,(H,23,25)(H2,21,22,26). The molecule has 6 nitrogen and oxygen atoms in total. The number of hydrogen-bond acceptors (Lipinski definition) is 4. The van der Waals surface area contributed by atoms with Crippen LogP contribution in [0.3, 0.4) is 0 Å². The van der Waals surface area contributed by atoms with Gasteiger partial charge in [-0.1, -0.05) is 25.3 Å². The highest BCUT2D eigenvalue weighted by Gasteiger charge is 2.18. The van der Waals surface area contributed by atoms with Gasteiger partial charge in [0.2, 0.25) is 5.91 Å². The third-order valence-corrected chi connectivity index (χ3v) is 6.05. The monoisotopic (exact) mass is 384 g/mol. The second-order valence-corrected chi connectivity index (χ2v) is 8.15.